The summed E-state index contributed by atoms with van der Waals surface area (Å²) in [5, 5.41) is 1.00. The van der Waals surface area contributed by atoms with Gasteiger partial charge in [-0.25, -0.2) is 0 Å². The van der Waals surface area contributed by atoms with Crippen molar-refractivity contribution >= 4 is 22.8 Å². The van der Waals surface area contributed by atoms with Crippen molar-refractivity contribution in [3.05, 3.63) is 42.1 Å². The maximum atomic E-state index is 11.6. The molecule has 0 bridgehead atoms. The standard InChI is InChI=1S/C15H15NO4/c1-19-14(17)12(15(18)20-2)9-11-8-7-10-5-3-4-6-13(10)16-11/h3-8,12H,9H2,1-2H3. The monoisotopic (exact) mass is 273 g/mol. The fraction of sp³-hybridized carbons (Fsp3) is 0.267. The van der Waals surface area contributed by atoms with Crippen LogP contribution in [-0.2, 0) is 25.5 Å². The summed E-state index contributed by atoms with van der Waals surface area (Å²) < 4.78 is 9.25. The molecule has 5 heteroatoms. The molecule has 0 radical (unpaired) electrons. The number of fused-ring (bicyclic) bond motifs is 1. The second-order valence-corrected chi connectivity index (χ2v) is 4.30. The van der Waals surface area contributed by atoms with Crippen molar-refractivity contribution in [2.45, 2.75) is 6.42 Å². The zero-order valence-electron chi connectivity index (χ0n) is 11.3. The number of pyridine rings is 1. The summed E-state index contributed by atoms with van der Waals surface area (Å²) in [6.07, 6.45) is 0.157. The van der Waals surface area contributed by atoms with Crippen LogP contribution in [0.25, 0.3) is 10.9 Å². The van der Waals surface area contributed by atoms with Gasteiger partial charge in [0.05, 0.1) is 19.7 Å². The number of esters is 2. The number of carbonyl (C=O) groups is 2. The second kappa shape index (κ2) is 6.14. The van der Waals surface area contributed by atoms with Crippen molar-refractivity contribution in [1.29, 1.82) is 0 Å². The number of rotatable bonds is 4. The van der Waals surface area contributed by atoms with Gasteiger partial charge in [0.15, 0.2) is 5.92 Å². The van der Waals surface area contributed by atoms with E-state index in [1.54, 1.807) is 6.07 Å². The number of carbonyl (C=O) groups excluding carboxylic acids is 2. The maximum Gasteiger partial charge on any atom is 0.320 e. The van der Waals surface area contributed by atoms with Gasteiger partial charge in [0.1, 0.15) is 0 Å². The van der Waals surface area contributed by atoms with Gasteiger partial charge in [-0.1, -0.05) is 24.3 Å². The lowest BCUT2D eigenvalue weighted by atomic mass is 10.0. The smallest absolute Gasteiger partial charge is 0.320 e. The first-order valence-corrected chi connectivity index (χ1v) is 6.16. The number of benzene rings is 1. The van der Waals surface area contributed by atoms with Gasteiger partial charge in [0.2, 0.25) is 0 Å². The lowest BCUT2D eigenvalue weighted by Crippen LogP contribution is -2.28. The van der Waals surface area contributed by atoms with E-state index < -0.39 is 17.9 Å². The summed E-state index contributed by atoms with van der Waals surface area (Å²) in [6.45, 7) is 0. The number of ether oxygens (including phenoxy) is 2. The first-order valence-electron chi connectivity index (χ1n) is 6.16. The first kappa shape index (κ1) is 14.0. The molecular weight excluding hydrogens is 258 g/mol. The molecule has 0 aliphatic rings. The summed E-state index contributed by atoms with van der Waals surface area (Å²) in [6, 6.07) is 11.3. The lowest BCUT2D eigenvalue weighted by Gasteiger charge is -2.12. The topological polar surface area (TPSA) is 65.5 Å². The fourth-order valence-electron chi connectivity index (χ4n) is 1.98. The van der Waals surface area contributed by atoms with Crippen LogP contribution in [0.2, 0.25) is 0 Å². The van der Waals surface area contributed by atoms with Crippen LogP contribution in [0, 0.1) is 5.92 Å². The van der Waals surface area contributed by atoms with Crippen molar-refractivity contribution in [3.8, 4) is 0 Å². The number of aromatic nitrogens is 1. The minimum atomic E-state index is -0.987. The molecule has 0 N–H and O–H groups in total. The van der Waals surface area contributed by atoms with E-state index in [4.69, 9.17) is 0 Å². The highest BCUT2D eigenvalue weighted by Crippen LogP contribution is 2.15. The van der Waals surface area contributed by atoms with Crippen molar-refractivity contribution in [2.75, 3.05) is 14.2 Å². The molecule has 0 fully saturated rings. The molecule has 0 aliphatic carbocycles. The van der Waals surface area contributed by atoms with Crippen LogP contribution < -0.4 is 0 Å². The van der Waals surface area contributed by atoms with E-state index >= 15 is 0 Å². The SMILES string of the molecule is COC(=O)C(Cc1ccc2ccccc2n1)C(=O)OC. The minimum absolute atomic E-state index is 0.157. The molecule has 2 aromatic rings. The Morgan fingerprint density at radius 2 is 1.70 bits per heavy atom. The largest absolute Gasteiger partial charge is 0.468 e. The van der Waals surface area contributed by atoms with Gasteiger partial charge in [-0.3, -0.25) is 14.6 Å². The van der Waals surface area contributed by atoms with Gasteiger partial charge >= 0.3 is 11.9 Å². The van der Waals surface area contributed by atoms with Gasteiger partial charge in [-0.05, 0) is 12.1 Å². The number of methoxy groups -OCH3 is 2. The summed E-state index contributed by atoms with van der Waals surface area (Å²) >= 11 is 0. The molecule has 0 saturated heterocycles. The van der Waals surface area contributed by atoms with Gasteiger partial charge in [0.25, 0.3) is 0 Å². The Labute approximate surface area is 116 Å². The average Bonchev–Trinajstić information content (AvgIpc) is 2.51. The molecule has 5 nitrogen and oxygen atoms in total. The number of hydrogen-bond donors (Lipinski definition) is 0. The van der Waals surface area contributed by atoms with E-state index in [1.165, 1.54) is 14.2 Å². The van der Waals surface area contributed by atoms with Crippen LogP contribution in [0.5, 0.6) is 0 Å². The van der Waals surface area contributed by atoms with Crippen LogP contribution in [0.1, 0.15) is 5.69 Å². The predicted molar refractivity (Wildman–Crippen MR) is 73.0 cm³/mol. The Morgan fingerprint density at radius 1 is 1.05 bits per heavy atom. The molecule has 2 rings (SSSR count). The molecule has 0 atom stereocenters. The second-order valence-electron chi connectivity index (χ2n) is 4.30. The van der Waals surface area contributed by atoms with Gasteiger partial charge < -0.3 is 9.47 Å². The van der Waals surface area contributed by atoms with E-state index in [0.717, 1.165) is 10.9 Å². The first-order chi connectivity index (χ1) is 9.65. The zero-order valence-corrected chi connectivity index (χ0v) is 11.3. The Morgan fingerprint density at radius 3 is 2.35 bits per heavy atom. The summed E-state index contributed by atoms with van der Waals surface area (Å²) in [7, 11) is 2.48. The van der Waals surface area contributed by atoms with Crippen molar-refractivity contribution < 1.29 is 19.1 Å². The number of hydrogen-bond acceptors (Lipinski definition) is 5. The van der Waals surface area contributed by atoms with E-state index in [0.29, 0.717) is 5.69 Å². The molecule has 0 spiro atoms. The van der Waals surface area contributed by atoms with E-state index in [-0.39, 0.29) is 6.42 Å². The van der Waals surface area contributed by atoms with E-state index in [2.05, 4.69) is 14.5 Å². The van der Waals surface area contributed by atoms with Crippen LogP contribution >= 0.6 is 0 Å². The Balaban J connectivity index is 2.28. The van der Waals surface area contributed by atoms with Crippen LogP contribution in [0.3, 0.4) is 0 Å². The molecular formula is C15H15NO4. The number of para-hydroxylation sites is 1. The van der Waals surface area contributed by atoms with Crippen LogP contribution in [0.15, 0.2) is 36.4 Å². The quantitative estimate of drug-likeness (QED) is 0.627. The fourth-order valence-corrected chi connectivity index (χ4v) is 1.98. The highest BCUT2D eigenvalue weighted by Gasteiger charge is 2.29. The van der Waals surface area contributed by atoms with Crippen molar-refractivity contribution in [1.82, 2.24) is 4.98 Å². The third-order valence-corrected chi connectivity index (χ3v) is 3.04. The third-order valence-electron chi connectivity index (χ3n) is 3.04. The maximum absolute atomic E-state index is 11.6. The Hall–Kier alpha value is -2.43. The van der Waals surface area contributed by atoms with Gasteiger partial charge in [0, 0.05) is 17.5 Å². The van der Waals surface area contributed by atoms with Crippen LogP contribution in [-0.4, -0.2) is 31.1 Å². The molecule has 1 aromatic heterocycles. The number of nitrogens with zero attached hydrogens (tertiary/aromatic N) is 1. The third kappa shape index (κ3) is 2.93. The molecule has 0 saturated carbocycles. The molecule has 1 aromatic carbocycles. The predicted octanol–water partition coefficient (Wildman–Crippen LogP) is 1.74. The van der Waals surface area contributed by atoms with Gasteiger partial charge in [-0.15, -0.1) is 0 Å². The zero-order chi connectivity index (χ0) is 14.5. The molecule has 0 unspecified atom stereocenters. The Kier molecular flexibility index (Phi) is 4.30. The summed E-state index contributed by atoms with van der Waals surface area (Å²) in [5.74, 6) is -2.22. The molecule has 104 valence electrons. The highest BCUT2D eigenvalue weighted by atomic mass is 16.5. The van der Waals surface area contributed by atoms with E-state index in [1.807, 2.05) is 30.3 Å². The average molecular weight is 273 g/mol. The van der Waals surface area contributed by atoms with Crippen molar-refractivity contribution in [2.24, 2.45) is 5.92 Å². The van der Waals surface area contributed by atoms with Crippen LogP contribution in [0.4, 0.5) is 0 Å². The lowest BCUT2D eigenvalue weighted by molar-refractivity contribution is -0.158. The van der Waals surface area contributed by atoms with E-state index in [9.17, 15) is 9.59 Å². The molecule has 0 aliphatic heterocycles. The van der Waals surface area contributed by atoms with Gasteiger partial charge in [-0.2, -0.15) is 0 Å². The summed E-state index contributed by atoms with van der Waals surface area (Å²) in [5.41, 5.74) is 1.46. The highest BCUT2D eigenvalue weighted by molar-refractivity contribution is 5.95. The summed E-state index contributed by atoms with van der Waals surface area (Å²) in [4.78, 5) is 27.7. The molecule has 0 amide bonds. The Bertz CT molecular complexity index is 623. The molecule has 20 heavy (non-hydrogen) atoms. The minimum Gasteiger partial charge on any atom is -0.468 e. The van der Waals surface area contributed by atoms with Crippen molar-refractivity contribution in [3.63, 3.8) is 0 Å². The normalized spacial score (nSPS) is 10.6. The molecule has 1 heterocycles.